The lowest BCUT2D eigenvalue weighted by atomic mass is 10.1. The van der Waals surface area contributed by atoms with Gasteiger partial charge in [0.2, 0.25) is 0 Å². The third-order valence-corrected chi connectivity index (χ3v) is 4.20. The Morgan fingerprint density at radius 3 is 2.65 bits per heavy atom. The van der Waals surface area contributed by atoms with Crippen LogP contribution in [0, 0.1) is 0 Å². The summed E-state index contributed by atoms with van der Waals surface area (Å²) in [5.74, 6) is 0.902. The van der Waals surface area contributed by atoms with E-state index in [1.165, 1.54) is 0 Å². The predicted octanol–water partition coefficient (Wildman–Crippen LogP) is 3.14. The van der Waals surface area contributed by atoms with Gasteiger partial charge < -0.3 is 9.67 Å². The quantitative estimate of drug-likeness (QED) is 0.789. The van der Waals surface area contributed by atoms with E-state index in [0.29, 0.717) is 24.6 Å². The van der Waals surface area contributed by atoms with Crippen LogP contribution in [0.25, 0.3) is 22.2 Å². The van der Waals surface area contributed by atoms with Crippen LogP contribution >= 0.6 is 0 Å². The van der Waals surface area contributed by atoms with Gasteiger partial charge in [0, 0.05) is 30.9 Å². The fraction of sp³-hybridized carbons (Fsp3) is 0.353. The molecule has 0 radical (unpaired) electrons. The molecule has 0 amide bonds. The molecule has 6 heteroatoms. The first-order valence-corrected chi connectivity index (χ1v) is 7.63. The van der Waals surface area contributed by atoms with Crippen LogP contribution in [-0.2, 0) is 12.1 Å². The fourth-order valence-corrected chi connectivity index (χ4v) is 2.96. The molecule has 1 N–H and O–H groups in total. The fourth-order valence-electron chi connectivity index (χ4n) is 2.96. The lowest BCUT2D eigenvalue weighted by Gasteiger charge is -2.15. The van der Waals surface area contributed by atoms with Gasteiger partial charge in [0.1, 0.15) is 11.4 Å². The summed E-state index contributed by atoms with van der Waals surface area (Å²) in [6, 6.07) is 5.82. The number of aliphatic hydroxyl groups is 1. The average Bonchev–Trinajstić information content (AvgIpc) is 3.06. The summed E-state index contributed by atoms with van der Waals surface area (Å²) in [6.45, 7) is 3.96. The maximum atomic E-state index is 13.8. The lowest BCUT2D eigenvalue weighted by Crippen LogP contribution is -2.19. The Hall–Kier alpha value is -2.34. The van der Waals surface area contributed by atoms with Crippen molar-refractivity contribution in [1.29, 1.82) is 0 Å². The average molecular weight is 312 g/mol. The third-order valence-electron chi connectivity index (χ3n) is 4.20. The maximum absolute atomic E-state index is 13.8. The Balaban J connectivity index is 1.77. The Morgan fingerprint density at radius 2 is 1.96 bits per heavy atom. The highest BCUT2D eigenvalue weighted by atomic mass is 19.1. The van der Waals surface area contributed by atoms with Crippen molar-refractivity contribution in [1.82, 2.24) is 19.5 Å². The van der Waals surface area contributed by atoms with E-state index in [0.717, 1.165) is 22.2 Å². The van der Waals surface area contributed by atoms with Crippen molar-refractivity contribution in [3.05, 3.63) is 42.2 Å². The minimum absolute atomic E-state index is 0.382. The molecule has 0 saturated heterocycles. The number of aromatic nitrogens is 4. The van der Waals surface area contributed by atoms with Crippen molar-refractivity contribution in [2.75, 3.05) is 0 Å². The van der Waals surface area contributed by atoms with E-state index >= 15 is 0 Å². The van der Waals surface area contributed by atoms with Crippen LogP contribution in [0.4, 0.5) is 4.39 Å². The predicted molar refractivity (Wildman–Crippen MR) is 84.5 cm³/mol. The van der Waals surface area contributed by atoms with Gasteiger partial charge in [-0.25, -0.2) is 19.3 Å². The van der Waals surface area contributed by atoms with Crippen LogP contribution in [0.3, 0.4) is 0 Å². The van der Waals surface area contributed by atoms with E-state index in [1.807, 2.05) is 22.8 Å². The van der Waals surface area contributed by atoms with E-state index in [9.17, 15) is 9.50 Å². The van der Waals surface area contributed by atoms with Crippen LogP contribution in [0.1, 0.15) is 38.1 Å². The summed E-state index contributed by atoms with van der Waals surface area (Å²) in [4.78, 5) is 12.8. The molecule has 1 aromatic carbocycles. The lowest BCUT2D eigenvalue weighted by molar-refractivity contribution is 0.0687. The summed E-state index contributed by atoms with van der Waals surface area (Å²) in [7, 11) is 0. The van der Waals surface area contributed by atoms with Crippen molar-refractivity contribution >= 4 is 11.0 Å². The van der Waals surface area contributed by atoms with Crippen molar-refractivity contribution in [3.63, 3.8) is 0 Å². The van der Waals surface area contributed by atoms with Gasteiger partial charge in [-0.1, -0.05) is 6.07 Å². The number of fused-ring (bicyclic) bond motifs is 3. The van der Waals surface area contributed by atoms with Gasteiger partial charge in [-0.3, -0.25) is 0 Å². The summed E-state index contributed by atoms with van der Waals surface area (Å²) in [5, 5.41) is 9.92. The summed E-state index contributed by atoms with van der Waals surface area (Å²) in [6.07, 6.45) is 2.91. The maximum Gasteiger partial charge on any atom is 0.159 e. The number of aryl methyl sites for hydroxylation is 1. The molecule has 0 aliphatic carbocycles. The number of benzene rings is 1. The molecule has 5 nitrogen and oxygen atoms in total. The molecule has 1 atom stereocenters. The van der Waals surface area contributed by atoms with Crippen molar-refractivity contribution in [2.45, 2.75) is 38.6 Å². The summed E-state index contributed by atoms with van der Waals surface area (Å²) >= 11 is 0. The smallest absolute Gasteiger partial charge is 0.159 e. The Bertz CT molecular complexity index is 880. The topological polar surface area (TPSA) is 63.8 Å². The molecule has 0 bridgehead atoms. The molecule has 0 unspecified atom stereocenters. The van der Waals surface area contributed by atoms with E-state index in [4.69, 9.17) is 0 Å². The monoisotopic (exact) mass is 312 g/mol. The number of alkyl halides is 1. The van der Waals surface area contributed by atoms with Gasteiger partial charge in [0.05, 0.1) is 11.0 Å². The highest BCUT2D eigenvalue weighted by Crippen LogP contribution is 2.34. The largest absolute Gasteiger partial charge is 0.382 e. The highest BCUT2D eigenvalue weighted by Gasteiger charge is 2.26. The molecule has 0 fully saturated rings. The van der Waals surface area contributed by atoms with Crippen molar-refractivity contribution in [2.24, 2.45) is 0 Å². The molecular formula is C17H17FN4O. The normalized spacial score (nSPS) is 17.7. The summed E-state index contributed by atoms with van der Waals surface area (Å²) < 4.78 is 15.7. The molecular weight excluding hydrogens is 295 g/mol. The molecule has 2 aromatic heterocycles. The first-order chi connectivity index (χ1) is 10.9. The first-order valence-electron chi connectivity index (χ1n) is 7.63. The zero-order valence-electron chi connectivity index (χ0n) is 13.0. The number of halogens is 1. The number of hydrogen-bond donors (Lipinski definition) is 1. The van der Waals surface area contributed by atoms with Crippen LogP contribution in [0.15, 0.2) is 30.6 Å². The molecule has 118 valence electrons. The van der Waals surface area contributed by atoms with Gasteiger partial charge >= 0.3 is 0 Å². The van der Waals surface area contributed by atoms with Gasteiger partial charge in [0.25, 0.3) is 0 Å². The number of hydrogen-bond acceptors (Lipinski definition) is 4. The molecule has 3 aromatic rings. The molecule has 23 heavy (non-hydrogen) atoms. The standard InChI is InChI=1S/C17H17FN4O/c1-17(2,23)16-19-8-11(9-20-16)10-3-4-13-14(7-10)22-6-5-12(18)15(22)21-13/h3-4,7-9,12,23H,5-6H2,1-2H3/t12-/m1/s1. The zero-order valence-corrected chi connectivity index (χ0v) is 13.0. The second-order valence-corrected chi connectivity index (χ2v) is 6.44. The number of imidazole rings is 1. The molecule has 0 saturated carbocycles. The second kappa shape index (κ2) is 4.83. The molecule has 3 heterocycles. The minimum Gasteiger partial charge on any atom is -0.382 e. The SMILES string of the molecule is CC(C)(O)c1ncc(-c2ccc3nc4n(c3c2)CC[C@H]4F)cn1. The van der Waals surface area contributed by atoms with Gasteiger partial charge in [-0.15, -0.1) is 0 Å². The van der Waals surface area contributed by atoms with Gasteiger partial charge in [0.15, 0.2) is 12.0 Å². The van der Waals surface area contributed by atoms with Crippen molar-refractivity contribution in [3.8, 4) is 11.1 Å². The number of rotatable bonds is 2. The Kier molecular flexibility index (Phi) is 2.99. The van der Waals surface area contributed by atoms with Crippen LogP contribution in [-0.4, -0.2) is 24.6 Å². The second-order valence-electron chi connectivity index (χ2n) is 6.44. The minimum atomic E-state index is -1.06. The zero-order chi connectivity index (χ0) is 16.2. The van der Waals surface area contributed by atoms with Gasteiger partial charge in [-0.05, 0) is 31.5 Å². The van der Waals surface area contributed by atoms with Crippen LogP contribution in [0.2, 0.25) is 0 Å². The summed E-state index contributed by atoms with van der Waals surface area (Å²) in [5.41, 5.74) is 2.48. The number of nitrogens with zero attached hydrogens (tertiary/aromatic N) is 4. The van der Waals surface area contributed by atoms with Crippen LogP contribution in [0.5, 0.6) is 0 Å². The third kappa shape index (κ3) is 2.30. The van der Waals surface area contributed by atoms with Crippen LogP contribution < -0.4 is 0 Å². The van der Waals surface area contributed by atoms with Crippen molar-refractivity contribution < 1.29 is 9.50 Å². The Morgan fingerprint density at radius 1 is 1.22 bits per heavy atom. The molecule has 1 aliphatic rings. The van der Waals surface area contributed by atoms with E-state index in [2.05, 4.69) is 15.0 Å². The van der Waals surface area contributed by atoms with E-state index in [-0.39, 0.29) is 0 Å². The van der Waals surface area contributed by atoms with Gasteiger partial charge in [-0.2, -0.15) is 0 Å². The molecule has 0 spiro atoms. The first kappa shape index (κ1) is 14.3. The molecule has 4 rings (SSSR count). The Labute approximate surface area is 132 Å². The van der Waals surface area contributed by atoms with E-state index in [1.54, 1.807) is 26.2 Å². The highest BCUT2D eigenvalue weighted by molar-refractivity contribution is 5.82. The molecule has 1 aliphatic heterocycles. The van der Waals surface area contributed by atoms with E-state index < -0.39 is 11.8 Å².